The van der Waals surface area contributed by atoms with Gasteiger partial charge < -0.3 is 31.2 Å². The molecule has 1 fully saturated rings. The van der Waals surface area contributed by atoms with Crippen molar-refractivity contribution in [3.63, 3.8) is 0 Å². The number of fused-ring (bicyclic) bond motifs is 2. The SMILES string of the molecule is CCN(CC)c1ccc2nc3ccc(=[N+]4CCN(C(=O)CCSC)CC4)cc-3oc2c1.[Br-]. The second-order valence-corrected chi connectivity index (χ2v) is 8.79. The van der Waals surface area contributed by atoms with Crippen molar-refractivity contribution in [3.8, 4) is 11.5 Å². The molecule has 6 nitrogen and oxygen atoms in total. The first-order valence-electron chi connectivity index (χ1n) is 11.1. The first-order valence-corrected chi connectivity index (χ1v) is 12.5. The van der Waals surface area contributed by atoms with Crippen LogP contribution in [-0.2, 0) is 4.79 Å². The molecular formula is C24H31BrN4O2S. The van der Waals surface area contributed by atoms with Gasteiger partial charge in [-0.1, -0.05) is 0 Å². The zero-order valence-corrected chi connectivity index (χ0v) is 21.4. The molecule has 0 radical (unpaired) electrons. The summed E-state index contributed by atoms with van der Waals surface area (Å²) in [7, 11) is 0. The number of halogens is 1. The zero-order valence-electron chi connectivity index (χ0n) is 19.0. The van der Waals surface area contributed by atoms with Crippen molar-refractivity contribution in [2.75, 3.05) is 56.2 Å². The molecule has 0 saturated carbocycles. The summed E-state index contributed by atoms with van der Waals surface area (Å²) in [5, 5.41) is 1.12. The highest BCUT2D eigenvalue weighted by molar-refractivity contribution is 7.98. The third-order valence-corrected chi connectivity index (χ3v) is 6.61. The van der Waals surface area contributed by atoms with Gasteiger partial charge in [0.25, 0.3) is 0 Å². The number of carbonyl (C=O) groups excluding carboxylic acids is 1. The molecule has 1 saturated heterocycles. The van der Waals surface area contributed by atoms with E-state index in [-0.39, 0.29) is 22.9 Å². The Labute approximate surface area is 204 Å². The van der Waals surface area contributed by atoms with E-state index in [1.165, 1.54) is 0 Å². The largest absolute Gasteiger partial charge is 1.00 e. The van der Waals surface area contributed by atoms with E-state index >= 15 is 0 Å². The fraction of sp³-hybridized carbons (Fsp3) is 0.458. The van der Waals surface area contributed by atoms with Gasteiger partial charge in [0.2, 0.25) is 11.3 Å². The van der Waals surface area contributed by atoms with E-state index in [0.717, 1.165) is 78.6 Å². The van der Waals surface area contributed by atoms with Crippen LogP contribution >= 0.6 is 11.8 Å². The molecule has 0 bridgehead atoms. The van der Waals surface area contributed by atoms with E-state index in [2.05, 4.69) is 47.6 Å². The highest BCUT2D eigenvalue weighted by atomic mass is 79.9. The van der Waals surface area contributed by atoms with Gasteiger partial charge in [-0.25, -0.2) is 9.56 Å². The molecule has 1 aromatic carbocycles. The predicted octanol–water partition coefficient (Wildman–Crippen LogP) is 0.150. The van der Waals surface area contributed by atoms with Crippen molar-refractivity contribution in [2.24, 2.45) is 0 Å². The fourth-order valence-corrected chi connectivity index (χ4v) is 4.52. The van der Waals surface area contributed by atoms with Crippen LogP contribution in [0.1, 0.15) is 20.3 Å². The molecule has 0 spiro atoms. The summed E-state index contributed by atoms with van der Waals surface area (Å²) < 4.78 is 8.60. The number of piperazine rings is 1. The van der Waals surface area contributed by atoms with Gasteiger partial charge >= 0.3 is 0 Å². The van der Waals surface area contributed by atoms with Crippen LogP contribution in [0, 0.1) is 0 Å². The summed E-state index contributed by atoms with van der Waals surface area (Å²) in [5.74, 6) is 1.95. The lowest BCUT2D eigenvalue weighted by molar-refractivity contribution is -0.131. The standard InChI is InChI=1S/C24H31N4O2S.BrH/c1-4-26(5-2)18-6-8-20-22(16-18)30-23-17-19(7-9-21(23)25-20)27-11-13-28(14-12-27)24(29)10-15-31-3;/h6-9,16-17H,4-5,10-15H2,1-3H3;1H/q+1;/p-1. The molecule has 172 valence electrons. The van der Waals surface area contributed by atoms with Gasteiger partial charge in [0.05, 0.1) is 19.2 Å². The zero-order chi connectivity index (χ0) is 21.8. The molecule has 0 aromatic heterocycles. The molecule has 3 aliphatic rings. The van der Waals surface area contributed by atoms with Crippen LogP contribution in [0.2, 0.25) is 0 Å². The molecule has 8 heteroatoms. The minimum atomic E-state index is 0. The molecule has 2 heterocycles. The van der Waals surface area contributed by atoms with Crippen LogP contribution in [0.25, 0.3) is 22.6 Å². The van der Waals surface area contributed by atoms with Crippen LogP contribution < -0.4 is 31.8 Å². The summed E-state index contributed by atoms with van der Waals surface area (Å²) >= 11 is 1.72. The number of hydrogen-bond donors (Lipinski definition) is 0. The quantitative estimate of drug-likeness (QED) is 0.343. The number of rotatable bonds is 6. The Morgan fingerprint density at radius 2 is 1.91 bits per heavy atom. The maximum Gasteiger partial charge on any atom is 0.223 e. The lowest BCUT2D eigenvalue weighted by atomic mass is 10.2. The maximum absolute atomic E-state index is 12.3. The van der Waals surface area contributed by atoms with Crippen molar-refractivity contribution >= 4 is 34.5 Å². The Bertz CT molecular complexity index is 1100. The fourth-order valence-electron chi connectivity index (χ4n) is 4.15. The van der Waals surface area contributed by atoms with Crippen LogP contribution in [0.3, 0.4) is 0 Å². The van der Waals surface area contributed by atoms with Gasteiger partial charge in [0.1, 0.15) is 11.2 Å². The van der Waals surface area contributed by atoms with Gasteiger partial charge in [-0.15, -0.1) is 0 Å². The van der Waals surface area contributed by atoms with Crippen LogP contribution in [-0.4, -0.2) is 67.1 Å². The van der Waals surface area contributed by atoms with Crippen molar-refractivity contribution < 1.29 is 26.2 Å². The molecular weight excluding hydrogens is 488 g/mol. The third kappa shape index (κ3) is 5.29. The van der Waals surface area contributed by atoms with E-state index in [1.54, 1.807) is 11.8 Å². The Balaban J connectivity index is 0.00000289. The van der Waals surface area contributed by atoms with Gasteiger partial charge in [0.15, 0.2) is 24.4 Å². The smallest absolute Gasteiger partial charge is 0.223 e. The van der Waals surface area contributed by atoms with E-state index in [9.17, 15) is 4.79 Å². The second-order valence-electron chi connectivity index (χ2n) is 7.80. The summed E-state index contributed by atoms with van der Waals surface area (Å²) in [6.07, 6.45) is 2.67. The van der Waals surface area contributed by atoms with Crippen molar-refractivity contribution in [1.29, 1.82) is 0 Å². The average molecular weight is 520 g/mol. The van der Waals surface area contributed by atoms with E-state index in [1.807, 2.05) is 23.3 Å². The molecule has 32 heavy (non-hydrogen) atoms. The minimum Gasteiger partial charge on any atom is -1.00 e. The second kappa shape index (κ2) is 11.2. The summed E-state index contributed by atoms with van der Waals surface area (Å²) in [5.41, 5.74) is 3.69. The lowest BCUT2D eigenvalue weighted by Crippen LogP contribution is -3.00. The summed E-state index contributed by atoms with van der Waals surface area (Å²) in [6.45, 7) is 9.44. The van der Waals surface area contributed by atoms with Gasteiger partial charge in [-0.2, -0.15) is 11.8 Å². The van der Waals surface area contributed by atoms with Crippen molar-refractivity contribution in [2.45, 2.75) is 20.3 Å². The van der Waals surface area contributed by atoms with E-state index in [4.69, 9.17) is 9.40 Å². The Kier molecular flexibility index (Phi) is 8.59. The number of anilines is 1. The predicted molar refractivity (Wildman–Crippen MR) is 129 cm³/mol. The Hall–Kier alpha value is -2.06. The number of hydrogen-bond acceptors (Lipinski definition) is 5. The maximum atomic E-state index is 12.3. The molecule has 0 atom stereocenters. The van der Waals surface area contributed by atoms with Crippen molar-refractivity contribution in [3.05, 3.63) is 41.8 Å². The number of carbonyl (C=O) groups is 1. The molecule has 1 amide bonds. The first kappa shape index (κ1) is 24.6. The number of aromatic nitrogens is 1. The van der Waals surface area contributed by atoms with Gasteiger partial charge in [-0.05, 0) is 38.3 Å². The van der Waals surface area contributed by atoms with Crippen LogP contribution in [0.5, 0.6) is 0 Å². The highest BCUT2D eigenvalue weighted by Crippen LogP contribution is 2.27. The molecule has 1 aliphatic carbocycles. The number of thioether (sulfide) groups is 1. The number of amides is 1. The molecule has 4 rings (SSSR count). The molecule has 1 aromatic rings. The molecule has 0 N–H and O–H groups in total. The van der Waals surface area contributed by atoms with Gasteiger partial charge in [-0.3, -0.25) is 4.79 Å². The van der Waals surface area contributed by atoms with Crippen LogP contribution in [0.15, 0.2) is 40.8 Å². The monoisotopic (exact) mass is 518 g/mol. The number of benzene rings is 2. The Morgan fingerprint density at radius 3 is 2.59 bits per heavy atom. The molecule has 0 unspecified atom stereocenters. The third-order valence-electron chi connectivity index (χ3n) is 5.99. The first-order chi connectivity index (χ1) is 15.1. The Morgan fingerprint density at radius 1 is 1.16 bits per heavy atom. The average Bonchev–Trinajstić information content (AvgIpc) is 2.81. The number of nitrogens with zero attached hydrogens (tertiary/aromatic N) is 4. The topological polar surface area (TPSA) is 52.6 Å². The van der Waals surface area contributed by atoms with E-state index in [0.29, 0.717) is 6.42 Å². The van der Waals surface area contributed by atoms with E-state index < -0.39 is 0 Å². The van der Waals surface area contributed by atoms with Crippen molar-refractivity contribution in [1.82, 2.24) is 14.5 Å². The minimum absolute atomic E-state index is 0. The van der Waals surface area contributed by atoms with Crippen LogP contribution in [0.4, 0.5) is 5.69 Å². The summed E-state index contributed by atoms with van der Waals surface area (Å²) in [6, 6.07) is 12.4. The normalized spacial score (nSPS) is 14.0. The highest BCUT2D eigenvalue weighted by Gasteiger charge is 2.23. The summed E-state index contributed by atoms with van der Waals surface area (Å²) in [4.78, 5) is 21.4. The van der Waals surface area contributed by atoms with Gasteiger partial charge in [0, 0.05) is 43.1 Å². The lowest BCUT2D eigenvalue weighted by Gasteiger charge is -2.25. The molecule has 2 aliphatic heterocycles.